The minimum atomic E-state index is -0.561. The zero-order chi connectivity index (χ0) is 13.9. The van der Waals surface area contributed by atoms with Gasteiger partial charge in [0.1, 0.15) is 0 Å². The van der Waals surface area contributed by atoms with Gasteiger partial charge < -0.3 is 5.73 Å². The molecule has 2 atom stereocenters. The molecule has 3 nitrogen and oxygen atoms in total. The molecule has 2 aromatic rings. The van der Waals surface area contributed by atoms with Crippen LogP contribution in [0.15, 0.2) is 48.7 Å². The van der Waals surface area contributed by atoms with E-state index in [2.05, 4.69) is 11.1 Å². The molecule has 0 saturated carbocycles. The van der Waals surface area contributed by atoms with Crippen LogP contribution in [0, 0.1) is 0 Å². The zero-order valence-corrected chi connectivity index (χ0v) is 11.3. The molecule has 102 valence electrons. The molecule has 1 aliphatic carbocycles. The molecule has 0 saturated heterocycles. The van der Waals surface area contributed by atoms with Gasteiger partial charge in [-0.05, 0) is 36.5 Å². The molecule has 1 heterocycles. The summed E-state index contributed by atoms with van der Waals surface area (Å²) in [5, 5.41) is 0. The first-order chi connectivity index (χ1) is 9.77. The van der Waals surface area contributed by atoms with E-state index in [1.807, 2.05) is 36.4 Å². The summed E-state index contributed by atoms with van der Waals surface area (Å²) in [5.41, 5.74) is 9.14. The van der Waals surface area contributed by atoms with Crippen LogP contribution < -0.4 is 5.73 Å². The molecule has 0 spiro atoms. The predicted molar refractivity (Wildman–Crippen MR) is 78.3 cm³/mol. The van der Waals surface area contributed by atoms with Gasteiger partial charge in [-0.15, -0.1) is 0 Å². The molecule has 0 fully saturated rings. The first kappa shape index (κ1) is 13.0. The van der Waals surface area contributed by atoms with E-state index < -0.39 is 6.04 Å². The molecule has 1 aromatic carbocycles. The number of rotatable bonds is 3. The maximum absolute atomic E-state index is 12.7. The minimum absolute atomic E-state index is 0.0795. The van der Waals surface area contributed by atoms with Crippen LogP contribution >= 0.6 is 0 Å². The number of hydrogen-bond donors (Lipinski definition) is 1. The summed E-state index contributed by atoms with van der Waals surface area (Å²) in [4.78, 5) is 17.1. The highest BCUT2D eigenvalue weighted by molar-refractivity contribution is 5.91. The van der Waals surface area contributed by atoms with Gasteiger partial charge in [0, 0.05) is 6.20 Å². The Morgan fingerprint density at radius 2 is 2.00 bits per heavy atom. The molecule has 20 heavy (non-hydrogen) atoms. The molecular weight excluding hydrogens is 248 g/mol. The fourth-order valence-electron chi connectivity index (χ4n) is 2.93. The normalized spacial score (nSPS) is 19.1. The van der Waals surface area contributed by atoms with Crippen molar-refractivity contribution < 1.29 is 4.79 Å². The number of hydrogen-bond acceptors (Lipinski definition) is 3. The number of fused-ring (bicyclic) bond motifs is 1. The Bertz CT molecular complexity index is 609. The second-order valence-corrected chi connectivity index (χ2v) is 5.28. The molecule has 2 N–H and O–H groups in total. The van der Waals surface area contributed by atoms with E-state index in [4.69, 9.17) is 5.73 Å². The van der Waals surface area contributed by atoms with Crippen LogP contribution in [0.5, 0.6) is 0 Å². The number of aromatic nitrogens is 1. The van der Waals surface area contributed by atoms with Crippen LogP contribution in [-0.4, -0.2) is 10.8 Å². The van der Waals surface area contributed by atoms with Crippen molar-refractivity contribution in [3.8, 4) is 0 Å². The number of carbonyl (C=O) groups is 1. The van der Waals surface area contributed by atoms with Crippen molar-refractivity contribution in [2.75, 3.05) is 0 Å². The van der Waals surface area contributed by atoms with Crippen molar-refractivity contribution in [2.45, 2.75) is 31.2 Å². The lowest BCUT2D eigenvalue weighted by molar-refractivity contribution is -0.122. The number of carbonyl (C=O) groups excluding carboxylic acids is 1. The summed E-state index contributed by atoms with van der Waals surface area (Å²) in [6, 6.07) is 13.0. The molecule has 1 aromatic heterocycles. The highest BCUT2D eigenvalue weighted by atomic mass is 16.1. The third kappa shape index (κ3) is 2.37. The fourth-order valence-corrected chi connectivity index (χ4v) is 2.93. The highest BCUT2D eigenvalue weighted by Gasteiger charge is 2.31. The van der Waals surface area contributed by atoms with Crippen LogP contribution in [0.1, 0.15) is 41.6 Å². The molecule has 0 amide bonds. The van der Waals surface area contributed by atoms with Crippen molar-refractivity contribution in [3.63, 3.8) is 0 Å². The molecular formula is C17H18N2O. The largest absolute Gasteiger partial charge is 0.318 e. The van der Waals surface area contributed by atoms with E-state index in [9.17, 15) is 4.79 Å². The maximum Gasteiger partial charge on any atom is 0.163 e. The first-order valence-corrected chi connectivity index (χ1v) is 7.05. The number of nitrogens with zero attached hydrogens (tertiary/aromatic N) is 1. The summed E-state index contributed by atoms with van der Waals surface area (Å²) in [6.45, 7) is 0. The van der Waals surface area contributed by atoms with Gasteiger partial charge in [0.25, 0.3) is 0 Å². The van der Waals surface area contributed by atoms with Gasteiger partial charge in [0.2, 0.25) is 0 Å². The van der Waals surface area contributed by atoms with E-state index in [-0.39, 0.29) is 11.7 Å². The van der Waals surface area contributed by atoms with Gasteiger partial charge in [-0.25, -0.2) is 0 Å². The van der Waals surface area contributed by atoms with Gasteiger partial charge in [-0.3, -0.25) is 9.78 Å². The molecule has 3 heteroatoms. The Labute approximate surface area is 118 Å². The van der Waals surface area contributed by atoms with Gasteiger partial charge in [-0.1, -0.05) is 36.4 Å². The number of ketones is 1. The standard InChI is InChI=1S/C17H18N2O/c18-15(12-6-2-1-3-7-12)17(20)14-10-4-8-13-9-5-11-19-16(13)14/h1-3,5-7,9,11,14-15H,4,8,10,18H2. The predicted octanol–water partition coefficient (Wildman–Crippen LogP) is 2.77. The van der Waals surface area contributed by atoms with Crippen LogP contribution in [0.4, 0.5) is 0 Å². The summed E-state index contributed by atoms with van der Waals surface area (Å²) in [5.74, 6) is -0.0778. The van der Waals surface area contributed by atoms with E-state index in [1.165, 1.54) is 5.56 Å². The van der Waals surface area contributed by atoms with Crippen LogP contribution in [0.25, 0.3) is 0 Å². The highest BCUT2D eigenvalue weighted by Crippen LogP contribution is 2.33. The second-order valence-electron chi connectivity index (χ2n) is 5.28. The van der Waals surface area contributed by atoms with Crippen molar-refractivity contribution in [2.24, 2.45) is 5.73 Å². The smallest absolute Gasteiger partial charge is 0.163 e. The van der Waals surface area contributed by atoms with Gasteiger partial charge in [0.15, 0.2) is 5.78 Å². The lowest BCUT2D eigenvalue weighted by Crippen LogP contribution is -2.29. The Morgan fingerprint density at radius 1 is 1.20 bits per heavy atom. The van der Waals surface area contributed by atoms with E-state index >= 15 is 0 Å². The summed E-state index contributed by atoms with van der Waals surface area (Å²) in [6.07, 6.45) is 4.64. The Hall–Kier alpha value is -2.00. The lowest BCUT2D eigenvalue weighted by atomic mass is 9.81. The number of pyridine rings is 1. The second kappa shape index (κ2) is 5.55. The minimum Gasteiger partial charge on any atom is -0.318 e. The molecule has 3 rings (SSSR count). The van der Waals surface area contributed by atoms with Crippen molar-refractivity contribution in [3.05, 3.63) is 65.5 Å². The SMILES string of the molecule is NC(C(=O)C1CCCc2cccnc21)c1ccccc1. The topological polar surface area (TPSA) is 56.0 Å². The zero-order valence-electron chi connectivity index (χ0n) is 11.3. The monoisotopic (exact) mass is 266 g/mol. The number of aryl methyl sites for hydroxylation is 1. The summed E-state index contributed by atoms with van der Waals surface area (Å²) < 4.78 is 0. The van der Waals surface area contributed by atoms with Gasteiger partial charge in [0.05, 0.1) is 17.7 Å². The van der Waals surface area contributed by atoms with E-state index in [0.717, 1.165) is 30.5 Å². The fraction of sp³-hybridized carbons (Fsp3) is 0.294. The van der Waals surface area contributed by atoms with Gasteiger partial charge in [-0.2, -0.15) is 0 Å². The summed E-state index contributed by atoms with van der Waals surface area (Å²) >= 11 is 0. The third-order valence-corrected chi connectivity index (χ3v) is 4.00. The Morgan fingerprint density at radius 3 is 2.80 bits per heavy atom. The number of nitrogens with two attached hydrogens (primary N) is 1. The number of Topliss-reactive ketones (excluding diaryl/α,β-unsaturated/α-hetero) is 1. The molecule has 2 unspecified atom stereocenters. The average Bonchev–Trinajstić information content (AvgIpc) is 2.54. The van der Waals surface area contributed by atoms with Crippen LogP contribution in [-0.2, 0) is 11.2 Å². The molecule has 0 aliphatic heterocycles. The third-order valence-electron chi connectivity index (χ3n) is 4.00. The van der Waals surface area contributed by atoms with Crippen molar-refractivity contribution in [1.82, 2.24) is 4.98 Å². The van der Waals surface area contributed by atoms with E-state index in [1.54, 1.807) is 6.20 Å². The van der Waals surface area contributed by atoms with Crippen LogP contribution in [0.3, 0.4) is 0 Å². The lowest BCUT2D eigenvalue weighted by Gasteiger charge is -2.25. The summed E-state index contributed by atoms with van der Waals surface area (Å²) in [7, 11) is 0. The molecule has 0 radical (unpaired) electrons. The number of benzene rings is 1. The maximum atomic E-state index is 12.7. The molecule has 1 aliphatic rings. The average molecular weight is 266 g/mol. The van der Waals surface area contributed by atoms with Crippen LogP contribution in [0.2, 0.25) is 0 Å². The van der Waals surface area contributed by atoms with E-state index in [0.29, 0.717) is 0 Å². The van der Waals surface area contributed by atoms with Crippen molar-refractivity contribution >= 4 is 5.78 Å². The van der Waals surface area contributed by atoms with Crippen molar-refractivity contribution in [1.29, 1.82) is 0 Å². The first-order valence-electron chi connectivity index (χ1n) is 7.05. The van der Waals surface area contributed by atoms with Gasteiger partial charge >= 0.3 is 0 Å². The quantitative estimate of drug-likeness (QED) is 0.929. The Balaban J connectivity index is 1.89. The molecule has 0 bridgehead atoms. The Kier molecular flexibility index (Phi) is 3.61.